The summed E-state index contributed by atoms with van der Waals surface area (Å²) in [4.78, 5) is 31.4. The number of likely N-dealkylation sites (tertiary alicyclic amines) is 3. The number of nitrogens with zero attached hydrogens (tertiary/aromatic N) is 3. The fourth-order valence-electron chi connectivity index (χ4n) is 6.39. The Kier molecular flexibility index (Phi) is 4.37. The van der Waals surface area contributed by atoms with Gasteiger partial charge in [0.25, 0.3) is 0 Å². The van der Waals surface area contributed by atoms with Crippen molar-refractivity contribution in [3.63, 3.8) is 0 Å². The van der Waals surface area contributed by atoms with E-state index in [0.29, 0.717) is 41.7 Å². The number of hydrogen-bond donors (Lipinski definition) is 0. The van der Waals surface area contributed by atoms with Crippen LogP contribution in [0.4, 0.5) is 4.79 Å². The summed E-state index contributed by atoms with van der Waals surface area (Å²) in [6, 6.07) is 0.672. The van der Waals surface area contributed by atoms with Crippen molar-refractivity contribution in [2.45, 2.75) is 51.5 Å². The van der Waals surface area contributed by atoms with Gasteiger partial charge in [0.15, 0.2) is 0 Å². The van der Waals surface area contributed by atoms with Gasteiger partial charge in [-0.05, 0) is 62.7 Å². The van der Waals surface area contributed by atoms with Gasteiger partial charge in [-0.3, -0.25) is 9.69 Å². The first kappa shape index (κ1) is 17.8. The van der Waals surface area contributed by atoms with E-state index < -0.39 is 0 Å². The minimum Gasteiger partial charge on any atom is -0.450 e. The lowest BCUT2D eigenvalue weighted by Crippen LogP contribution is -2.52. The van der Waals surface area contributed by atoms with Crippen molar-refractivity contribution in [2.24, 2.45) is 23.2 Å². The Morgan fingerprint density at radius 1 is 1.00 bits per heavy atom. The van der Waals surface area contributed by atoms with Crippen molar-refractivity contribution in [3.8, 4) is 0 Å². The third kappa shape index (κ3) is 3.04. The van der Waals surface area contributed by atoms with E-state index in [0.717, 1.165) is 45.7 Å². The van der Waals surface area contributed by atoms with E-state index in [1.807, 2.05) is 11.8 Å². The maximum atomic E-state index is 12.7. The van der Waals surface area contributed by atoms with Crippen molar-refractivity contribution >= 4 is 12.0 Å². The van der Waals surface area contributed by atoms with E-state index in [1.165, 1.54) is 32.1 Å². The second-order valence-electron chi connectivity index (χ2n) is 9.63. The van der Waals surface area contributed by atoms with Crippen LogP contribution in [0.3, 0.4) is 0 Å². The van der Waals surface area contributed by atoms with Crippen molar-refractivity contribution in [1.82, 2.24) is 14.7 Å². The first-order valence-corrected chi connectivity index (χ1v) is 11.0. The zero-order valence-corrected chi connectivity index (χ0v) is 16.6. The molecule has 1 spiro atoms. The molecule has 5 aliphatic rings. The summed E-state index contributed by atoms with van der Waals surface area (Å²) in [5, 5.41) is 0. The molecule has 2 atom stereocenters. The van der Waals surface area contributed by atoms with Crippen LogP contribution in [-0.2, 0) is 9.53 Å². The van der Waals surface area contributed by atoms with Crippen LogP contribution in [0.1, 0.15) is 45.4 Å². The molecule has 5 rings (SSSR count). The average molecular weight is 376 g/mol. The van der Waals surface area contributed by atoms with E-state index in [1.54, 1.807) is 0 Å². The lowest BCUT2D eigenvalue weighted by atomic mass is 9.64. The van der Waals surface area contributed by atoms with E-state index in [9.17, 15) is 9.59 Å². The first-order chi connectivity index (χ1) is 13.1. The highest BCUT2D eigenvalue weighted by Crippen LogP contribution is 2.57. The van der Waals surface area contributed by atoms with Crippen LogP contribution in [0.15, 0.2) is 0 Å². The molecule has 5 fully saturated rings. The molecule has 0 aromatic carbocycles. The Morgan fingerprint density at radius 3 is 2.37 bits per heavy atom. The molecule has 3 aliphatic heterocycles. The van der Waals surface area contributed by atoms with Gasteiger partial charge < -0.3 is 14.5 Å². The molecule has 0 N–H and O–H groups in total. The average Bonchev–Trinajstić information content (AvgIpc) is 3.02. The molecule has 0 bridgehead atoms. The van der Waals surface area contributed by atoms with Gasteiger partial charge in [0, 0.05) is 51.2 Å². The number of rotatable bonds is 3. The van der Waals surface area contributed by atoms with Gasteiger partial charge in [-0.2, -0.15) is 0 Å². The Bertz CT molecular complexity index is 600. The summed E-state index contributed by atoms with van der Waals surface area (Å²) in [6.45, 7) is 8.27. The number of amides is 2. The summed E-state index contributed by atoms with van der Waals surface area (Å²) in [5.41, 5.74) is 0.341. The third-order valence-corrected chi connectivity index (χ3v) is 7.99. The van der Waals surface area contributed by atoms with Crippen molar-refractivity contribution in [1.29, 1.82) is 0 Å². The summed E-state index contributed by atoms with van der Waals surface area (Å²) >= 11 is 0. The molecule has 6 heteroatoms. The van der Waals surface area contributed by atoms with Gasteiger partial charge in [0.2, 0.25) is 5.91 Å². The summed E-state index contributed by atoms with van der Waals surface area (Å²) in [6.07, 6.45) is 7.07. The second-order valence-corrected chi connectivity index (χ2v) is 9.63. The Morgan fingerprint density at radius 2 is 1.70 bits per heavy atom. The molecule has 2 aliphatic carbocycles. The molecule has 0 radical (unpaired) electrons. The maximum absolute atomic E-state index is 12.7. The molecule has 0 aromatic rings. The molecule has 27 heavy (non-hydrogen) atoms. The summed E-state index contributed by atoms with van der Waals surface area (Å²) in [5.74, 6) is 2.03. The minimum atomic E-state index is -0.140. The molecule has 3 saturated heterocycles. The SMILES string of the molecule is CCOC(=O)N1CCC2(CC(N3CC4C(C3)C4C(=O)N3CCCCC3)C2)C1. The number of piperidine rings is 2. The fourth-order valence-corrected chi connectivity index (χ4v) is 6.39. The van der Waals surface area contributed by atoms with Crippen molar-refractivity contribution in [2.75, 3.05) is 45.9 Å². The zero-order chi connectivity index (χ0) is 18.6. The zero-order valence-electron chi connectivity index (χ0n) is 16.6. The van der Waals surface area contributed by atoms with E-state index >= 15 is 0 Å². The van der Waals surface area contributed by atoms with E-state index in [4.69, 9.17) is 4.74 Å². The monoisotopic (exact) mass is 375 g/mol. The number of ether oxygens (including phenoxy) is 1. The van der Waals surface area contributed by atoms with Crippen molar-refractivity contribution < 1.29 is 14.3 Å². The molecule has 150 valence electrons. The first-order valence-electron chi connectivity index (χ1n) is 11.0. The predicted octanol–water partition coefficient (Wildman–Crippen LogP) is 2.19. The van der Waals surface area contributed by atoms with Crippen LogP contribution >= 0.6 is 0 Å². The third-order valence-electron chi connectivity index (χ3n) is 7.99. The van der Waals surface area contributed by atoms with Crippen LogP contribution in [0, 0.1) is 23.2 Å². The lowest BCUT2D eigenvalue weighted by Gasteiger charge is -2.49. The van der Waals surface area contributed by atoms with Gasteiger partial charge >= 0.3 is 6.09 Å². The molecular formula is C21H33N3O3. The largest absolute Gasteiger partial charge is 0.450 e. The topological polar surface area (TPSA) is 53.1 Å². The summed E-state index contributed by atoms with van der Waals surface area (Å²) in [7, 11) is 0. The summed E-state index contributed by atoms with van der Waals surface area (Å²) < 4.78 is 5.16. The Balaban J connectivity index is 1.08. The predicted molar refractivity (Wildman–Crippen MR) is 101 cm³/mol. The normalized spacial score (nSPS) is 40.8. The molecule has 0 aromatic heterocycles. The minimum absolute atomic E-state index is 0.140. The highest BCUT2D eigenvalue weighted by atomic mass is 16.6. The van der Waals surface area contributed by atoms with Crippen LogP contribution in [-0.4, -0.2) is 78.6 Å². The molecule has 2 saturated carbocycles. The Labute approximate surface area is 162 Å². The van der Waals surface area contributed by atoms with Gasteiger partial charge in [-0.25, -0.2) is 4.79 Å². The molecule has 6 nitrogen and oxygen atoms in total. The van der Waals surface area contributed by atoms with Gasteiger partial charge in [-0.15, -0.1) is 0 Å². The maximum Gasteiger partial charge on any atom is 0.409 e. The molecule has 3 heterocycles. The van der Waals surface area contributed by atoms with Gasteiger partial charge in [0.1, 0.15) is 0 Å². The number of carbonyl (C=O) groups excluding carboxylic acids is 2. The van der Waals surface area contributed by atoms with Crippen LogP contribution in [0.25, 0.3) is 0 Å². The fraction of sp³-hybridized carbons (Fsp3) is 0.905. The second kappa shape index (κ2) is 6.64. The smallest absolute Gasteiger partial charge is 0.409 e. The number of hydrogen-bond acceptors (Lipinski definition) is 4. The lowest BCUT2D eigenvalue weighted by molar-refractivity contribution is -0.134. The van der Waals surface area contributed by atoms with Gasteiger partial charge in [0.05, 0.1) is 6.61 Å². The van der Waals surface area contributed by atoms with Crippen LogP contribution < -0.4 is 0 Å². The quantitative estimate of drug-likeness (QED) is 0.759. The van der Waals surface area contributed by atoms with E-state index in [2.05, 4.69) is 9.80 Å². The van der Waals surface area contributed by atoms with Crippen molar-refractivity contribution in [3.05, 3.63) is 0 Å². The Hall–Kier alpha value is -1.30. The van der Waals surface area contributed by atoms with Gasteiger partial charge in [-0.1, -0.05) is 0 Å². The molecule has 2 unspecified atom stereocenters. The molecule has 2 amide bonds. The van der Waals surface area contributed by atoms with Crippen LogP contribution in [0.2, 0.25) is 0 Å². The van der Waals surface area contributed by atoms with E-state index in [-0.39, 0.29) is 6.09 Å². The standard InChI is InChI=1S/C21H33N3O3/c1-2-27-20(26)23-9-6-21(14-23)10-15(11-21)24-12-16-17(13-24)18(16)19(25)22-7-4-3-5-8-22/h15-18H,2-14H2,1H3. The van der Waals surface area contributed by atoms with Crippen LogP contribution in [0.5, 0.6) is 0 Å². The molecular weight excluding hydrogens is 342 g/mol. The highest BCUT2D eigenvalue weighted by Gasteiger charge is 2.62. The number of fused-ring (bicyclic) bond motifs is 1. The number of carbonyl (C=O) groups is 2. The highest BCUT2D eigenvalue weighted by molar-refractivity contribution is 5.82.